The number of benzene rings is 2. The summed E-state index contributed by atoms with van der Waals surface area (Å²) in [5.74, 6) is -0.801. The molecule has 2 aromatic carbocycles. The monoisotopic (exact) mass is 400 g/mol. The number of hydrogen-bond donors (Lipinski definition) is 1. The minimum absolute atomic E-state index is 0.00283. The lowest BCUT2D eigenvalue weighted by molar-refractivity contribution is -0.384. The number of esters is 1. The first kappa shape index (κ1) is 22.0. The fourth-order valence-electron chi connectivity index (χ4n) is 2.60. The van der Waals surface area contributed by atoms with Crippen LogP contribution in [0, 0.1) is 10.1 Å². The Morgan fingerprint density at radius 2 is 1.76 bits per heavy atom. The Labute approximate surface area is 169 Å². The predicted molar refractivity (Wildman–Crippen MR) is 109 cm³/mol. The van der Waals surface area contributed by atoms with Gasteiger partial charge in [0.2, 0.25) is 0 Å². The molecule has 29 heavy (non-hydrogen) atoms. The Morgan fingerprint density at radius 1 is 1.10 bits per heavy atom. The Kier molecular flexibility index (Phi) is 7.85. The van der Waals surface area contributed by atoms with Crippen molar-refractivity contribution < 1.29 is 24.0 Å². The lowest BCUT2D eigenvalue weighted by Gasteiger charge is -2.09. The molecule has 0 amide bonds. The molecule has 2 rings (SSSR count). The van der Waals surface area contributed by atoms with Gasteiger partial charge in [-0.2, -0.15) is 0 Å². The molecule has 0 radical (unpaired) electrons. The smallest absolute Gasteiger partial charge is 0.338 e. The van der Waals surface area contributed by atoms with Crippen molar-refractivity contribution in [2.75, 3.05) is 32.2 Å². The molecule has 0 saturated heterocycles. The summed E-state index contributed by atoms with van der Waals surface area (Å²) < 4.78 is 9.94. The van der Waals surface area contributed by atoms with Crippen molar-refractivity contribution in [1.29, 1.82) is 0 Å². The zero-order valence-corrected chi connectivity index (χ0v) is 16.6. The lowest BCUT2D eigenvalue weighted by Crippen LogP contribution is -2.15. The second-order valence-corrected chi connectivity index (χ2v) is 6.68. The zero-order chi connectivity index (χ0) is 21.4. The van der Waals surface area contributed by atoms with Crippen LogP contribution in [0.2, 0.25) is 0 Å². The number of ketones is 1. The van der Waals surface area contributed by atoms with Crippen LogP contribution < -0.4 is 5.32 Å². The average Bonchev–Trinajstić information content (AvgIpc) is 2.72. The molecule has 0 bridgehead atoms. The van der Waals surface area contributed by atoms with E-state index in [1.54, 1.807) is 12.1 Å². The fourth-order valence-corrected chi connectivity index (χ4v) is 2.60. The largest absolute Gasteiger partial charge is 0.454 e. The number of ether oxygens (including phenoxy) is 2. The van der Waals surface area contributed by atoms with Gasteiger partial charge >= 0.3 is 5.97 Å². The number of rotatable bonds is 10. The van der Waals surface area contributed by atoms with Crippen LogP contribution in [0.15, 0.2) is 42.5 Å². The molecule has 0 heterocycles. The van der Waals surface area contributed by atoms with Crippen LogP contribution in [-0.4, -0.2) is 43.5 Å². The summed E-state index contributed by atoms with van der Waals surface area (Å²) in [6.07, 6.45) is 0. The van der Waals surface area contributed by atoms with Crippen molar-refractivity contribution >= 4 is 23.1 Å². The van der Waals surface area contributed by atoms with Crippen LogP contribution in [0.4, 0.5) is 11.4 Å². The first-order valence-electron chi connectivity index (χ1n) is 9.15. The topological polar surface area (TPSA) is 108 Å². The molecule has 154 valence electrons. The van der Waals surface area contributed by atoms with E-state index in [4.69, 9.17) is 9.47 Å². The molecule has 0 aromatic heterocycles. The van der Waals surface area contributed by atoms with Crippen molar-refractivity contribution in [3.05, 3.63) is 69.3 Å². The molecule has 0 unspecified atom stereocenters. The third-order valence-corrected chi connectivity index (χ3v) is 4.29. The van der Waals surface area contributed by atoms with Crippen molar-refractivity contribution in [2.24, 2.45) is 0 Å². The molecule has 8 nitrogen and oxygen atoms in total. The van der Waals surface area contributed by atoms with E-state index >= 15 is 0 Å². The number of carbonyl (C=O) groups excluding carboxylic acids is 2. The quantitative estimate of drug-likeness (QED) is 0.212. The minimum Gasteiger partial charge on any atom is -0.454 e. The fraction of sp³-hybridized carbons (Fsp3) is 0.333. The Morgan fingerprint density at radius 3 is 2.34 bits per heavy atom. The summed E-state index contributed by atoms with van der Waals surface area (Å²) in [6, 6.07) is 11.1. The third kappa shape index (κ3) is 6.11. The molecule has 0 fully saturated rings. The van der Waals surface area contributed by atoms with E-state index in [1.807, 2.05) is 12.1 Å². The highest BCUT2D eigenvalue weighted by Gasteiger charge is 2.19. The predicted octanol–water partition coefficient (Wildman–Crippen LogP) is 3.82. The zero-order valence-electron chi connectivity index (χ0n) is 16.6. The van der Waals surface area contributed by atoms with E-state index in [9.17, 15) is 19.7 Å². The summed E-state index contributed by atoms with van der Waals surface area (Å²) >= 11 is 0. The van der Waals surface area contributed by atoms with Gasteiger partial charge in [-0.1, -0.05) is 38.1 Å². The van der Waals surface area contributed by atoms with Gasteiger partial charge in [-0.15, -0.1) is 0 Å². The number of nitro groups is 1. The first-order chi connectivity index (χ1) is 13.8. The number of anilines is 1. The number of methoxy groups -OCH3 is 1. The third-order valence-electron chi connectivity index (χ3n) is 4.29. The van der Waals surface area contributed by atoms with Gasteiger partial charge in [0, 0.05) is 25.3 Å². The maximum Gasteiger partial charge on any atom is 0.338 e. The average molecular weight is 400 g/mol. The van der Waals surface area contributed by atoms with Gasteiger partial charge < -0.3 is 14.8 Å². The second-order valence-electron chi connectivity index (χ2n) is 6.68. The number of nitrogens with zero attached hydrogens (tertiary/aromatic N) is 1. The van der Waals surface area contributed by atoms with Crippen LogP contribution in [0.5, 0.6) is 0 Å². The molecule has 8 heteroatoms. The highest BCUT2D eigenvalue weighted by Crippen LogP contribution is 2.26. The summed E-state index contributed by atoms with van der Waals surface area (Å²) in [4.78, 5) is 35.2. The van der Waals surface area contributed by atoms with Crippen LogP contribution in [0.25, 0.3) is 0 Å². The second kappa shape index (κ2) is 10.3. The van der Waals surface area contributed by atoms with E-state index in [1.165, 1.54) is 19.2 Å². The van der Waals surface area contributed by atoms with Crippen molar-refractivity contribution in [3.8, 4) is 0 Å². The first-order valence-corrected chi connectivity index (χ1v) is 9.15. The van der Waals surface area contributed by atoms with Gasteiger partial charge in [0.05, 0.1) is 17.1 Å². The van der Waals surface area contributed by atoms with Crippen LogP contribution in [0.3, 0.4) is 0 Å². The standard InChI is InChI=1S/C21H24N2O6/c1-14(2)15-4-6-16(7-5-15)20(24)13-29-21(25)17-8-9-18(22-10-11-28-3)19(12-17)23(26)27/h4-9,12,14,22H,10-11,13H2,1-3H3. The van der Waals surface area contributed by atoms with E-state index in [0.29, 0.717) is 24.6 Å². The molecule has 1 N–H and O–H groups in total. The molecular formula is C21H24N2O6. The lowest BCUT2D eigenvalue weighted by atomic mass is 10.0. The molecule has 0 aliphatic heterocycles. The normalized spacial score (nSPS) is 10.6. The van der Waals surface area contributed by atoms with Gasteiger partial charge in [-0.05, 0) is 23.6 Å². The molecule has 0 aliphatic rings. The highest BCUT2D eigenvalue weighted by molar-refractivity contribution is 5.99. The Bertz CT molecular complexity index is 877. The summed E-state index contributed by atoms with van der Waals surface area (Å²) in [5, 5.41) is 14.2. The SMILES string of the molecule is COCCNc1ccc(C(=O)OCC(=O)c2ccc(C(C)C)cc2)cc1[N+](=O)[O-]. The van der Waals surface area contributed by atoms with Gasteiger partial charge in [0.25, 0.3) is 5.69 Å². The van der Waals surface area contributed by atoms with E-state index in [2.05, 4.69) is 19.2 Å². The Balaban J connectivity index is 2.03. The van der Waals surface area contributed by atoms with Crippen LogP contribution in [-0.2, 0) is 9.47 Å². The van der Waals surface area contributed by atoms with Crippen molar-refractivity contribution in [2.45, 2.75) is 19.8 Å². The van der Waals surface area contributed by atoms with Crippen LogP contribution >= 0.6 is 0 Å². The summed E-state index contributed by atoms with van der Waals surface area (Å²) in [6.45, 7) is 4.42. The number of carbonyl (C=O) groups is 2. The van der Waals surface area contributed by atoms with Crippen molar-refractivity contribution in [3.63, 3.8) is 0 Å². The van der Waals surface area contributed by atoms with Crippen molar-refractivity contribution in [1.82, 2.24) is 0 Å². The summed E-state index contributed by atoms with van der Waals surface area (Å²) in [5.41, 5.74) is 1.55. The van der Waals surface area contributed by atoms with Gasteiger partial charge in [-0.25, -0.2) is 4.79 Å². The molecule has 0 saturated carbocycles. The molecule has 0 atom stereocenters. The highest BCUT2D eigenvalue weighted by atomic mass is 16.6. The molecule has 2 aromatic rings. The Hall–Kier alpha value is -3.26. The number of nitrogens with one attached hydrogen (secondary N) is 1. The van der Waals surface area contributed by atoms with Crippen LogP contribution in [0.1, 0.15) is 46.0 Å². The van der Waals surface area contributed by atoms with Gasteiger partial charge in [-0.3, -0.25) is 14.9 Å². The maximum absolute atomic E-state index is 12.2. The molecular weight excluding hydrogens is 376 g/mol. The maximum atomic E-state index is 12.2. The number of Topliss-reactive ketones (excluding diaryl/α,β-unsaturated/α-hetero) is 1. The molecule has 0 aliphatic carbocycles. The number of nitro benzene ring substituents is 1. The van der Waals surface area contributed by atoms with E-state index in [0.717, 1.165) is 11.6 Å². The van der Waals surface area contributed by atoms with E-state index < -0.39 is 17.5 Å². The number of hydrogen-bond acceptors (Lipinski definition) is 7. The van der Waals surface area contributed by atoms with Gasteiger partial charge in [0.1, 0.15) is 5.69 Å². The minimum atomic E-state index is -0.802. The van der Waals surface area contributed by atoms with E-state index in [-0.39, 0.29) is 22.7 Å². The molecule has 0 spiro atoms. The van der Waals surface area contributed by atoms with Gasteiger partial charge in [0.15, 0.2) is 12.4 Å². The summed E-state index contributed by atoms with van der Waals surface area (Å²) in [7, 11) is 1.52.